The lowest BCUT2D eigenvalue weighted by Gasteiger charge is -2.39. The minimum Gasteiger partial charge on any atom is -0.475 e. The molecule has 3 atom stereocenters. The number of carbonyl (C=O) groups is 1. The third-order valence-electron chi connectivity index (χ3n) is 5.50. The monoisotopic (exact) mass is 455 g/mol. The number of carboxylic acids is 1. The highest BCUT2D eigenvalue weighted by atomic mass is 32.2. The highest BCUT2D eigenvalue weighted by Gasteiger charge is 2.46. The zero-order chi connectivity index (χ0) is 22.7. The lowest BCUT2D eigenvalue weighted by atomic mass is 9.93. The van der Waals surface area contributed by atoms with Crippen LogP contribution in [0.1, 0.15) is 33.6 Å². The molecule has 0 amide bonds. The van der Waals surface area contributed by atoms with Crippen molar-refractivity contribution in [2.75, 3.05) is 18.8 Å². The second-order valence-corrected chi connectivity index (χ2v) is 9.98. The van der Waals surface area contributed by atoms with E-state index < -0.39 is 22.2 Å². The molecule has 2 aliphatic rings. The van der Waals surface area contributed by atoms with Crippen LogP contribution in [0.3, 0.4) is 0 Å². The average molecular weight is 456 g/mol. The summed E-state index contributed by atoms with van der Waals surface area (Å²) in [6.07, 6.45) is 0.194. The molecule has 0 spiro atoms. The number of piperidine rings is 1. The van der Waals surface area contributed by atoms with Crippen LogP contribution in [0, 0.1) is 5.92 Å². The van der Waals surface area contributed by atoms with Gasteiger partial charge in [0.25, 0.3) is 0 Å². The number of carboxylic acid groups (broad SMARTS) is 1. The molecule has 2 aliphatic heterocycles. The summed E-state index contributed by atoms with van der Waals surface area (Å²) in [5, 5.41) is 11.4. The number of aliphatic carboxylic acids is 1. The van der Waals surface area contributed by atoms with Gasteiger partial charge in [0.15, 0.2) is 0 Å². The first-order valence-corrected chi connectivity index (χ1v) is 11.4. The maximum absolute atomic E-state index is 12.2. The zero-order valence-electron chi connectivity index (χ0n) is 17.2. The van der Waals surface area contributed by atoms with Crippen molar-refractivity contribution in [2.24, 2.45) is 5.92 Å². The van der Waals surface area contributed by atoms with E-state index >= 15 is 0 Å². The first-order valence-electron chi connectivity index (χ1n) is 9.74. The predicted molar refractivity (Wildman–Crippen MR) is 102 cm³/mol. The minimum absolute atomic E-state index is 0.195. The fraction of sp³-hybridized carbons (Fsp3) is 0.824. The number of alkyl halides is 3. The lowest BCUT2D eigenvalue weighted by Crippen LogP contribution is -2.51. The van der Waals surface area contributed by atoms with Crippen LogP contribution in [0.4, 0.5) is 13.2 Å². The number of nitrogens with zero attached hydrogens (tertiary/aromatic N) is 5. The van der Waals surface area contributed by atoms with Crippen molar-refractivity contribution in [3.8, 4) is 0 Å². The molecular formula is C17H28F3N5O4S. The fourth-order valence-corrected chi connectivity index (χ4v) is 5.47. The van der Waals surface area contributed by atoms with Crippen LogP contribution < -0.4 is 0 Å². The molecule has 13 heteroatoms. The van der Waals surface area contributed by atoms with Gasteiger partial charge in [-0.1, -0.05) is 0 Å². The number of rotatable bonds is 5. The first-order chi connectivity index (χ1) is 13.9. The van der Waals surface area contributed by atoms with E-state index in [-0.39, 0.29) is 5.75 Å². The summed E-state index contributed by atoms with van der Waals surface area (Å²) in [4.78, 5) is 15.5. The smallest absolute Gasteiger partial charge is 0.475 e. The van der Waals surface area contributed by atoms with Gasteiger partial charge in [-0.15, -0.1) is 0 Å². The topological polar surface area (TPSA) is 109 Å². The quantitative estimate of drug-likeness (QED) is 0.716. The average Bonchev–Trinajstić information content (AvgIpc) is 3.28. The molecule has 3 rings (SSSR count). The van der Waals surface area contributed by atoms with Crippen LogP contribution in [0.15, 0.2) is 12.7 Å². The summed E-state index contributed by atoms with van der Waals surface area (Å²) >= 11 is 0. The Bertz CT molecular complexity index is 801. The lowest BCUT2D eigenvalue weighted by molar-refractivity contribution is -0.192. The Kier molecular flexibility index (Phi) is 7.85. The highest BCUT2D eigenvalue weighted by molar-refractivity contribution is 7.89. The van der Waals surface area contributed by atoms with Gasteiger partial charge < -0.3 is 5.11 Å². The Balaban J connectivity index is 0.000000396. The van der Waals surface area contributed by atoms with E-state index in [9.17, 15) is 21.6 Å². The molecule has 172 valence electrons. The van der Waals surface area contributed by atoms with Crippen LogP contribution in [-0.2, 0) is 21.4 Å². The molecule has 0 unspecified atom stereocenters. The Morgan fingerprint density at radius 1 is 1.33 bits per heavy atom. The van der Waals surface area contributed by atoms with Crippen molar-refractivity contribution in [3.63, 3.8) is 0 Å². The van der Waals surface area contributed by atoms with Gasteiger partial charge in [0.2, 0.25) is 10.0 Å². The van der Waals surface area contributed by atoms with Gasteiger partial charge in [-0.05, 0) is 39.5 Å². The third-order valence-corrected chi connectivity index (χ3v) is 7.35. The summed E-state index contributed by atoms with van der Waals surface area (Å²) in [6, 6.07) is 1.33. The molecule has 1 aromatic rings. The van der Waals surface area contributed by atoms with Gasteiger partial charge in [-0.25, -0.2) is 22.5 Å². The van der Waals surface area contributed by atoms with Crippen LogP contribution in [0.5, 0.6) is 0 Å². The van der Waals surface area contributed by atoms with Crippen LogP contribution in [0.25, 0.3) is 0 Å². The van der Waals surface area contributed by atoms with E-state index in [1.807, 2.05) is 4.68 Å². The largest absolute Gasteiger partial charge is 0.490 e. The molecule has 2 saturated heterocycles. The first kappa shape index (κ1) is 24.5. The molecule has 0 saturated carbocycles. The van der Waals surface area contributed by atoms with Crippen molar-refractivity contribution in [3.05, 3.63) is 12.7 Å². The highest BCUT2D eigenvalue weighted by Crippen LogP contribution is 2.38. The molecule has 9 nitrogen and oxygen atoms in total. The van der Waals surface area contributed by atoms with Gasteiger partial charge in [-0.2, -0.15) is 18.3 Å². The van der Waals surface area contributed by atoms with Gasteiger partial charge in [-0.3, -0.25) is 9.58 Å². The number of hydrogen-bond donors (Lipinski definition) is 1. The van der Waals surface area contributed by atoms with Crippen molar-refractivity contribution in [1.29, 1.82) is 0 Å². The second-order valence-electron chi connectivity index (χ2n) is 7.73. The molecular weight excluding hydrogens is 427 g/mol. The van der Waals surface area contributed by atoms with Gasteiger partial charge in [0.05, 0.1) is 12.3 Å². The zero-order valence-corrected chi connectivity index (χ0v) is 18.0. The minimum atomic E-state index is -5.08. The van der Waals surface area contributed by atoms with Crippen molar-refractivity contribution in [1.82, 2.24) is 24.0 Å². The van der Waals surface area contributed by atoms with Gasteiger partial charge in [0.1, 0.15) is 12.7 Å². The van der Waals surface area contributed by atoms with E-state index in [0.29, 0.717) is 37.1 Å². The number of likely N-dealkylation sites (tertiary alicyclic amines) is 1. The Hall–Kier alpha value is -1.73. The number of hydrogen-bond acceptors (Lipinski definition) is 6. The van der Waals surface area contributed by atoms with Gasteiger partial charge in [0, 0.05) is 31.2 Å². The van der Waals surface area contributed by atoms with E-state index in [4.69, 9.17) is 9.90 Å². The molecule has 0 aliphatic carbocycles. The summed E-state index contributed by atoms with van der Waals surface area (Å²) in [5.41, 5.74) is 0. The van der Waals surface area contributed by atoms with Crippen molar-refractivity contribution in [2.45, 2.75) is 64.5 Å². The molecule has 0 radical (unpaired) electrons. The molecule has 1 N–H and O–H groups in total. The standard InChI is InChI=1S/C15H27N5O2S.C2HF3O2/c1-4-23(21,22)19-6-5-15-13(8-19)7-14(20(15)12(2)3)9-18-11-16-10-17-18;3-2(4,5)1(6)7/h10-15H,4-9H2,1-3H3;(H,6,7)/t13-,14+,15+;/m1./s1. The van der Waals surface area contributed by atoms with Gasteiger partial charge >= 0.3 is 12.1 Å². The summed E-state index contributed by atoms with van der Waals surface area (Å²) in [7, 11) is -3.08. The van der Waals surface area contributed by atoms with Crippen LogP contribution in [-0.4, -0.2) is 86.6 Å². The van der Waals surface area contributed by atoms with E-state index in [0.717, 1.165) is 19.4 Å². The number of halogens is 3. The Morgan fingerprint density at radius 3 is 2.43 bits per heavy atom. The maximum atomic E-state index is 12.2. The van der Waals surface area contributed by atoms with Crippen molar-refractivity contribution < 1.29 is 31.5 Å². The van der Waals surface area contributed by atoms with Crippen molar-refractivity contribution >= 4 is 16.0 Å². The number of aromatic nitrogens is 3. The number of fused-ring (bicyclic) bond motifs is 1. The summed E-state index contributed by atoms with van der Waals surface area (Å²) in [6.45, 7) is 8.32. The third kappa shape index (κ3) is 5.91. The molecule has 3 heterocycles. The fourth-order valence-electron chi connectivity index (χ4n) is 4.30. The van der Waals surface area contributed by atoms with E-state index in [1.54, 1.807) is 23.9 Å². The molecule has 30 heavy (non-hydrogen) atoms. The maximum Gasteiger partial charge on any atom is 0.490 e. The van der Waals surface area contributed by atoms with E-state index in [1.165, 1.54) is 0 Å². The summed E-state index contributed by atoms with van der Waals surface area (Å²) in [5.74, 6) is -2.14. The Morgan fingerprint density at radius 2 is 1.97 bits per heavy atom. The van der Waals surface area contributed by atoms with Crippen LogP contribution >= 0.6 is 0 Å². The Labute approximate surface area is 173 Å². The molecule has 2 fully saturated rings. The molecule has 0 aromatic carbocycles. The molecule has 0 bridgehead atoms. The number of sulfonamides is 1. The van der Waals surface area contributed by atoms with Crippen LogP contribution in [0.2, 0.25) is 0 Å². The van der Waals surface area contributed by atoms with E-state index in [2.05, 4.69) is 28.8 Å². The second kappa shape index (κ2) is 9.60. The SMILES string of the molecule is CCS(=O)(=O)N1CC[C@H]2[C@H](C[C@@H](Cn3cncn3)N2C(C)C)C1.O=C(O)C(F)(F)F. The normalized spacial score (nSPS) is 25.6. The predicted octanol–water partition coefficient (Wildman–Crippen LogP) is 1.43. The summed E-state index contributed by atoms with van der Waals surface area (Å²) < 4.78 is 59.7. The molecule has 1 aromatic heterocycles.